The van der Waals surface area contributed by atoms with Gasteiger partial charge in [-0.05, 0) is 42.7 Å². The second kappa shape index (κ2) is 14.8. The molecule has 10 nitrogen and oxygen atoms in total. The minimum atomic E-state index is -0.884. The van der Waals surface area contributed by atoms with Gasteiger partial charge in [-0.25, -0.2) is 0 Å². The third-order valence-electron chi connectivity index (χ3n) is 8.33. The molecule has 1 fully saturated rings. The molecule has 43 heavy (non-hydrogen) atoms. The highest BCUT2D eigenvalue weighted by atomic mass is 16.7. The van der Waals surface area contributed by atoms with E-state index in [0.29, 0.717) is 49.1 Å². The van der Waals surface area contributed by atoms with Crippen LogP contribution < -0.4 is 18.9 Å². The minimum Gasteiger partial charge on any atom is -0.493 e. The first-order valence-electron chi connectivity index (χ1n) is 15.3. The lowest BCUT2D eigenvalue weighted by atomic mass is 9.84. The normalized spacial score (nSPS) is 19.8. The summed E-state index contributed by atoms with van der Waals surface area (Å²) in [6.45, 7) is 5.54. The number of unbranched alkanes of at least 4 members (excludes halogenated alkanes) is 1. The molecule has 3 atom stereocenters. The number of ether oxygens (including phenoxy) is 4. The van der Waals surface area contributed by atoms with Gasteiger partial charge in [-0.1, -0.05) is 31.5 Å². The minimum absolute atomic E-state index is 0.0426. The smallest absolute Gasteiger partial charge is 0.308 e. The summed E-state index contributed by atoms with van der Waals surface area (Å²) in [6.07, 6.45) is 3.29. The van der Waals surface area contributed by atoms with Gasteiger partial charge in [0.25, 0.3) is 0 Å². The number of hydrogen-bond donors (Lipinski definition) is 1. The number of aliphatic carboxylic acids is 1. The summed E-state index contributed by atoms with van der Waals surface area (Å²) >= 11 is 0. The Bertz CT molecular complexity index is 1230. The highest BCUT2D eigenvalue weighted by Gasteiger charge is 2.47. The summed E-state index contributed by atoms with van der Waals surface area (Å²) in [7, 11) is 8.06. The van der Waals surface area contributed by atoms with E-state index in [1.54, 1.807) is 7.11 Å². The van der Waals surface area contributed by atoms with Crippen molar-refractivity contribution in [3.8, 4) is 23.0 Å². The van der Waals surface area contributed by atoms with Crippen molar-refractivity contribution in [2.75, 3.05) is 74.4 Å². The van der Waals surface area contributed by atoms with Gasteiger partial charge in [0, 0.05) is 38.0 Å². The molecule has 2 aromatic rings. The summed E-state index contributed by atoms with van der Waals surface area (Å²) < 4.78 is 23.4. The number of quaternary nitrogens is 1. The quantitative estimate of drug-likeness (QED) is 0.289. The van der Waals surface area contributed by atoms with E-state index in [2.05, 4.69) is 33.0 Å². The van der Waals surface area contributed by atoms with Crippen molar-refractivity contribution in [1.29, 1.82) is 0 Å². The Labute approximate surface area is 255 Å². The highest BCUT2D eigenvalue weighted by molar-refractivity contribution is 5.79. The van der Waals surface area contributed by atoms with Crippen molar-refractivity contribution >= 4 is 11.9 Å². The molecule has 1 N–H and O–H groups in total. The number of carboxylic acids is 1. The maximum absolute atomic E-state index is 13.8. The van der Waals surface area contributed by atoms with E-state index in [1.807, 2.05) is 47.4 Å². The Morgan fingerprint density at radius 3 is 2.47 bits per heavy atom. The molecular formula is C33H48N3O7+. The first-order valence-corrected chi connectivity index (χ1v) is 15.3. The summed E-state index contributed by atoms with van der Waals surface area (Å²) in [5.41, 5.74) is 0.869. The van der Waals surface area contributed by atoms with Crippen LogP contribution in [-0.2, 0) is 9.59 Å². The van der Waals surface area contributed by atoms with E-state index in [9.17, 15) is 14.7 Å². The van der Waals surface area contributed by atoms with Gasteiger partial charge in [-0.15, -0.1) is 0 Å². The average Bonchev–Trinajstić information content (AvgIpc) is 3.58. The number of benzene rings is 2. The average molecular weight is 599 g/mol. The zero-order chi connectivity index (χ0) is 31.0. The van der Waals surface area contributed by atoms with Crippen LogP contribution in [0.2, 0.25) is 0 Å². The number of methoxy groups -OCH3 is 1. The molecule has 2 aliphatic rings. The third kappa shape index (κ3) is 8.54. The molecule has 0 unspecified atom stereocenters. The van der Waals surface area contributed by atoms with E-state index in [0.717, 1.165) is 35.9 Å². The summed E-state index contributed by atoms with van der Waals surface area (Å²) in [5, 5.41) is 10.5. The molecule has 0 aromatic heterocycles. The largest absolute Gasteiger partial charge is 0.493 e. The lowest BCUT2D eigenvalue weighted by Crippen LogP contribution is -2.46. The van der Waals surface area contributed by atoms with Crippen molar-refractivity contribution in [2.24, 2.45) is 5.92 Å². The van der Waals surface area contributed by atoms with Crippen molar-refractivity contribution in [3.63, 3.8) is 0 Å². The molecule has 4 rings (SSSR count). The molecule has 1 saturated heterocycles. The number of carbonyl (C=O) groups excluding carboxylic acids is 1. The fraction of sp³-hybridized carbons (Fsp3) is 0.576. The number of fused-ring (bicyclic) bond motifs is 1. The Morgan fingerprint density at radius 2 is 1.77 bits per heavy atom. The van der Waals surface area contributed by atoms with Crippen molar-refractivity contribution in [2.45, 2.75) is 44.6 Å². The molecule has 0 spiro atoms. The van der Waals surface area contributed by atoms with Crippen LogP contribution in [0.4, 0.5) is 0 Å². The van der Waals surface area contributed by atoms with Gasteiger partial charge in [0.15, 0.2) is 23.0 Å². The molecule has 0 bridgehead atoms. The zero-order valence-electron chi connectivity index (χ0n) is 26.3. The fourth-order valence-electron chi connectivity index (χ4n) is 6.08. The SMILES string of the molecule is CCCCN(CCC[N+](C)(C)C)C(=O)CN1C[C@H](c2ccc3c(c2)OCO3)[C@@H](C(=O)O)[C@@H]1CCOc1ccccc1OC. The van der Waals surface area contributed by atoms with Crippen LogP contribution in [-0.4, -0.2) is 112 Å². The van der Waals surface area contributed by atoms with E-state index in [-0.39, 0.29) is 31.8 Å². The fourth-order valence-corrected chi connectivity index (χ4v) is 6.08. The predicted molar refractivity (Wildman–Crippen MR) is 164 cm³/mol. The van der Waals surface area contributed by atoms with Crippen LogP contribution in [0.25, 0.3) is 0 Å². The summed E-state index contributed by atoms with van der Waals surface area (Å²) in [6, 6.07) is 12.6. The first kappa shape index (κ1) is 32.4. The molecule has 10 heteroatoms. The van der Waals surface area contributed by atoms with Gasteiger partial charge in [-0.3, -0.25) is 14.5 Å². The molecule has 2 aromatic carbocycles. The number of nitrogens with zero attached hydrogens (tertiary/aromatic N) is 3. The molecule has 0 radical (unpaired) electrons. The van der Waals surface area contributed by atoms with Crippen LogP contribution in [0.3, 0.4) is 0 Å². The van der Waals surface area contributed by atoms with E-state index in [1.165, 1.54) is 0 Å². The molecule has 1 amide bonds. The van der Waals surface area contributed by atoms with Crippen LogP contribution in [0.5, 0.6) is 23.0 Å². The number of hydrogen-bond acceptors (Lipinski definition) is 7. The monoisotopic (exact) mass is 598 g/mol. The Kier molecular flexibility index (Phi) is 11.2. The summed E-state index contributed by atoms with van der Waals surface area (Å²) in [4.78, 5) is 30.7. The maximum atomic E-state index is 13.8. The Balaban J connectivity index is 1.55. The lowest BCUT2D eigenvalue weighted by molar-refractivity contribution is -0.870. The number of carboxylic acid groups (broad SMARTS) is 1. The summed E-state index contributed by atoms with van der Waals surface area (Å²) in [5.74, 6) is 0.613. The van der Waals surface area contributed by atoms with Crippen molar-refractivity contribution in [3.05, 3.63) is 48.0 Å². The highest BCUT2D eigenvalue weighted by Crippen LogP contribution is 2.43. The second-order valence-corrected chi connectivity index (χ2v) is 12.5. The van der Waals surface area contributed by atoms with E-state index >= 15 is 0 Å². The van der Waals surface area contributed by atoms with E-state index in [4.69, 9.17) is 18.9 Å². The van der Waals surface area contributed by atoms with Crippen LogP contribution in [0.1, 0.15) is 44.1 Å². The molecule has 0 aliphatic carbocycles. The molecule has 236 valence electrons. The van der Waals surface area contributed by atoms with Gasteiger partial charge < -0.3 is 33.4 Å². The molecule has 2 aliphatic heterocycles. The van der Waals surface area contributed by atoms with Gasteiger partial charge in [0.1, 0.15) is 0 Å². The third-order valence-corrected chi connectivity index (χ3v) is 8.33. The van der Waals surface area contributed by atoms with Crippen LogP contribution in [0.15, 0.2) is 42.5 Å². The number of likely N-dealkylation sites (tertiary alicyclic amines) is 1. The van der Waals surface area contributed by atoms with Gasteiger partial charge in [-0.2, -0.15) is 0 Å². The van der Waals surface area contributed by atoms with E-state index < -0.39 is 17.9 Å². The van der Waals surface area contributed by atoms with Crippen molar-refractivity contribution in [1.82, 2.24) is 9.80 Å². The predicted octanol–water partition coefficient (Wildman–Crippen LogP) is 4.09. The van der Waals surface area contributed by atoms with Crippen LogP contribution in [0, 0.1) is 5.92 Å². The Morgan fingerprint density at radius 1 is 1.05 bits per heavy atom. The molecule has 0 saturated carbocycles. The molecular weight excluding hydrogens is 550 g/mol. The van der Waals surface area contributed by atoms with Gasteiger partial charge in [0.05, 0.1) is 53.9 Å². The van der Waals surface area contributed by atoms with Crippen LogP contribution >= 0.6 is 0 Å². The molecule has 2 heterocycles. The topological polar surface area (TPSA) is 97.8 Å². The second-order valence-electron chi connectivity index (χ2n) is 12.5. The van der Waals surface area contributed by atoms with Gasteiger partial charge >= 0.3 is 5.97 Å². The lowest BCUT2D eigenvalue weighted by Gasteiger charge is -2.30. The number of carbonyl (C=O) groups is 2. The maximum Gasteiger partial charge on any atom is 0.308 e. The zero-order valence-corrected chi connectivity index (χ0v) is 26.3. The number of para-hydroxylation sites is 2. The first-order chi connectivity index (χ1) is 20.6. The number of rotatable bonds is 16. The number of amides is 1. The standard InChI is InChI=1S/C33H47N3O7/c1-6-7-16-34(17-10-18-36(2,3)4)31(37)22-35-21-25(24-13-14-29-30(20-24)43-23-42-29)32(33(38)39)26(35)15-19-41-28-12-9-8-11-27(28)40-5/h8-9,11-14,20,25-26,32H,6-7,10,15-19,21-23H2,1-5H3/p+1/t25-,26+,32-/m1/s1. The Hall–Kier alpha value is -3.50. The van der Waals surface area contributed by atoms with Gasteiger partial charge in [0.2, 0.25) is 12.7 Å². The van der Waals surface area contributed by atoms with Crippen molar-refractivity contribution < 1.29 is 38.1 Å².